The Morgan fingerprint density at radius 1 is 1.11 bits per heavy atom. The fourth-order valence-electron chi connectivity index (χ4n) is 4.49. The Morgan fingerprint density at radius 2 is 1.79 bits per heavy atom. The second-order valence-corrected chi connectivity index (χ2v) is 7.29. The van der Waals surface area contributed by atoms with Gasteiger partial charge in [-0.25, -0.2) is 0 Å². The Kier molecular flexibility index (Phi) is 4.34. The van der Waals surface area contributed by atoms with Crippen LogP contribution >= 0.6 is 0 Å². The number of carbonyl (C=O) groups is 3. The highest BCUT2D eigenvalue weighted by molar-refractivity contribution is 6.30. The van der Waals surface area contributed by atoms with Gasteiger partial charge in [0, 0.05) is 22.6 Å². The molecule has 4 rings (SSSR count). The first kappa shape index (κ1) is 18.4. The molecule has 0 aromatic heterocycles. The number of benzene rings is 1. The van der Waals surface area contributed by atoms with Crippen LogP contribution in [0.2, 0.25) is 0 Å². The first-order valence-corrected chi connectivity index (χ1v) is 9.20. The van der Waals surface area contributed by atoms with Gasteiger partial charge >= 0.3 is 0 Å². The van der Waals surface area contributed by atoms with Gasteiger partial charge in [0.1, 0.15) is 23.9 Å². The summed E-state index contributed by atoms with van der Waals surface area (Å²) < 4.78 is 5.25. The molecule has 7 heteroatoms. The minimum Gasteiger partial charge on any atom is -0.507 e. The van der Waals surface area contributed by atoms with Crippen LogP contribution in [0.4, 0.5) is 0 Å². The number of aromatic hydroxyl groups is 2. The first-order chi connectivity index (χ1) is 13.4. The minimum atomic E-state index is -0.600. The number of phenolic OH excluding ortho intramolecular Hbond substituents is 2. The number of fused-ring (bicyclic) bond motifs is 2. The fraction of sp³-hybridized carbons (Fsp3) is 0.381. The molecule has 3 aliphatic rings. The number of aliphatic hydroxyl groups excluding tert-OH is 1. The predicted octanol–water partition coefficient (Wildman–Crippen LogP) is 1.76. The Bertz CT molecular complexity index is 997. The lowest BCUT2D eigenvalue weighted by atomic mass is 9.73. The molecule has 28 heavy (non-hydrogen) atoms. The van der Waals surface area contributed by atoms with Gasteiger partial charge in [0.2, 0.25) is 5.78 Å². The molecule has 1 aromatic carbocycles. The maximum Gasteiger partial charge on any atom is 0.201 e. The number of carbonyl (C=O) groups excluding carboxylic acids is 3. The SMILES string of the molecule is COC1=CCCC2=C1C(=O)c1c(O)c3c(c(O)c1C2=O)CC(C(=O)CO)CC3. The molecule has 0 spiro atoms. The van der Waals surface area contributed by atoms with Crippen molar-refractivity contribution in [2.24, 2.45) is 5.92 Å². The third-order valence-corrected chi connectivity index (χ3v) is 5.91. The molecule has 1 atom stereocenters. The standard InChI is InChI=1S/C21H20O7/c1-28-14-4-2-3-11-15(14)21(27)17-16(19(11)25)20(26)12-7-9(13(23)8-22)5-6-10(12)18(17)24/h4,9,22,24,26H,2-3,5-8H2,1H3. The number of aliphatic hydroxyl groups is 1. The molecule has 0 radical (unpaired) electrons. The topological polar surface area (TPSA) is 121 Å². The summed E-state index contributed by atoms with van der Waals surface area (Å²) in [5.41, 5.74) is 0.696. The maximum absolute atomic E-state index is 13.2. The van der Waals surface area contributed by atoms with E-state index >= 15 is 0 Å². The number of allylic oxidation sites excluding steroid dienone is 3. The van der Waals surface area contributed by atoms with Crippen molar-refractivity contribution in [3.63, 3.8) is 0 Å². The molecule has 7 nitrogen and oxygen atoms in total. The molecule has 1 aromatic rings. The molecule has 0 bridgehead atoms. The normalized spacial score (nSPS) is 20.9. The van der Waals surface area contributed by atoms with Crippen LogP contribution in [0.5, 0.6) is 11.5 Å². The van der Waals surface area contributed by atoms with Crippen LogP contribution in [-0.4, -0.2) is 46.4 Å². The summed E-state index contributed by atoms with van der Waals surface area (Å²) in [6.07, 6.45) is 3.36. The molecule has 0 heterocycles. The molecule has 3 N–H and O–H groups in total. The summed E-state index contributed by atoms with van der Waals surface area (Å²) in [6, 6.07) is 0. The second kappa shape index (κ2) is 6.60. The zero-order valence-corrected chi connectivity index (χ0v) is 15.4. The van der Waals surface area contributed by atoms with Crippen LogP contribution < -0.4 is 0 Å². The molecule has 0 aliphatic heterocycles. The van der Waals surface area contributed by atoms with Crippen molar-refractivity contribution >= 4 is 17.3 Å². The van der Waals surface area contributed by atoms with E-state index in [0.717, 1.165) is 0 Å². The molecule has 0 saturated carbocycles. The van der Waals surface area contributed by atoms with Crippen LogP contribution in [-0.2, 0) is 22.4 Å². The van der Waals surface area contributed by atoms with E-state index in [-0.39, 0.29) is 52.4 Å². The fourth-order valence-corrected chi connectivity index (χ4v) is 4.49. The number of phenols is 2. The average molecular weight is 384 g/mol. The van der Waals surface area contributed by atoms with Gasteiger partial charge in [0.05, 0.1) is 23.8 Å². The smallest absolute Gasteiger partial charge is 0.201 e. The molecule has 0 saturated heterocycles. The van der Waals surface area contributed by atoms with Crippen LogP contribution in [0.25, 0.3) is 0 Å². The molecule has 3 aliphatic carbocycles. The number of methoxy groups -OCH3 is 1. The Labute approximate surface area is 160 Å². The quantitative estimate of drug-likeness (QED) is 0.679. The van der Waals surface area contributed by atoms with Crippen molar-refractivity contribution in [2.45, 2.75) is 32.1 Å². The van der Waals surface area contributed by atoms with Crippen LogP contribution in [0.15, 0.2) is 23.0 Å². The van der Waals surface area contributed by atoms with Crippen molar-refractivity contribution in [3.05, 3.63) is 45.2 Å². The van der Waals surface area contributed by atoms with Crippen LogP contribution in [0, 0.1) is 5.92 Å². The molecular weight excluding hydrogens is 364 g/mol. The third kappa shape index (κ3) is 2.43. The van der Waals surface area contributed by atoms with E-state index in [2.05, 4.69) is 0 Å². The highest BCUT2D eigenvalue weighted by Crippen LogP contribution is 2.48. The van der Waals surface area contributed by atoms with E-state index in [4.69, 9.17) is 9.84 Å². The van der Waals surface area contributed by atoms with Gasteiger partial charge in [0.25, 0.3) is 0 Å². The zero-order chi connectivity index (χ0) is 20.2. The summed E-state index contributed by atoms with van der Waals surface area (Å²) in [7, 11) is 1.41. The highest BCUT2D eigenvalue weighted by Gasteiger charge is 2.42. The number of ether oxygens (including phenoxy) is 1. The molecule has 1 unspecified atom stereocenters. The van der Waals surface area contributed by atoms with Crippen molar-refractivity contribution < 1.29 is 34.4 Å². The van der Waals surface area contributed by atoms with Gasteiger partial charge in [0.15, 0.2) is 11.6 Å². The molecule has 146 valence electrons. The van der Waals surface area contributed by atoms with Gasteiger partial charge in [-0.2, -0.15) is 0 Å². The Balaban J connectivity index is 1.91. The second-order valence-electron chi connectivity index (χ2n) is 7.29. The monoisotopic (exact) mass is 384 g/mol. The van der Waals surface area contributed by atoms with Crippen LogP contribution in [0.1, 0.15) is 51.1 Å². The lowest BCUT2D eigenvalue weighted by Crippen LogP contribution is -2.29. The van der Waals surface area contributed by atoms with Crippen molar-refractivity contribution in [2.75, 3.05) is 13.7 Å². The number of ketones is 3. The number of Topliss-reactive ketones (excluding diaryl/α,β-unsaturated/α-hetero) is 3. The predicted molar refractivity (Wildman–Crippen MR) is 97.4 cm³/mol. The number of hydrogen-bond donors (Lipinski definition) is 3. The summed E-state index contributed by atoms with van der Waals surface area (Å²) in [6.45, 7) is -0.600. The van der Waals surface area contributed by atoms with Gasteiger partial charge in [-0.3, -0.25) is 14.4 Å². The van der Waals surface area contributed by atoms with E-state index in [1.54, 1.807) is 6.08 Å². The average Bonchev–Trinajstić information content (AvgIpc) is 2.72. The maximum atomic E-state index is 13.2. The summed E-state index contributed by atoms with van der Waals surface area (Å²) in [5.74, 6) is -2.25. The van der Waals surface area contributed by atoms with E-state index in [0.29, 0.717) is 36.1 Å². The van der Waals surface area contributed by atoms with E-state index in [1.807, 2.05) is 0 Å². The van der Waals surface area contributed by atoms with Crippen molar-refractivity contribution in [3.8, 4) is 11.5 Å². The lowest BCUT2D eigenvalue weighted by Gasteiger charge is -2.30. The minimum absolute atomic E-state index is 0.109. The lowest BCUT2D eigenvalue weighted by molar-refractivity contribution is -0.125. The van der Waals surface area contributed by atoms with Crippen LogP contribution in [0.3, 0.4) is 0 Å². The molecular formula is C21H20O7. The third-order valence-electron chi connectivity index (χ3n) is 5.91. The number of hydrogen-bond acceptors (Lipinski definition) is 7. The number of rotatable bonds is 3. The van der Waals surface area contributed by atoms with Crippen molar-refractivity contribution in [1.82, 2.24) is 0 Å². The summed E-state index contributed by atoms with van der Waals surface area (Å²) in [5, 5.41) is 30.8. The van der Waals surface area contributed by atoms with Gasteiger partial charge in [-0.05, 0) is 38.2 Å². The van der Waals surface area contributed by atoms with E-state index in [9.17, 15) is 24.6 Å². The Hall–Kier alpha value is -2.93. The van der Waals surface area contributed by atoms with Gasteiger partial charge in [-0.1, -0.05) is 0 Å². The van der Waals surface area contributed by atoms with Gasteiger partial charge < -0.3 is 20.1 Å². The zero-order valence-electron chi connectivity index (χ0n) is 15.4. The van der Waals surface area contributed by atoms with E-state index in [1.165, 1.54) is 7.11 Å². The summed E-state index contributed by atoms with van der Waals surface area (Å²) >= 11 is 0. The van der Waals surface area contributed by atoms with E-state index < -0.39 is 24.1 Å². The Morgan fingerprint density at radius 3 is 2.46 bits per heavy atom. The summed E-state index contributed by atoms with van der Waals surface area (Å²) in [4.78, 5) is 38.2. The van der Waals surface area contributed by atoms with Gasteiger partial charge in [-0.15, -0.1) is 0 Å². The highest BCUT2D eigenvalue weighted by atomic mass is 16.5. The first-order valence-electron chi connectivity index (χ1n) is 9.20. The largest absolute Gasteiger partial charge is 0.507 e. The van der Waals surface area contributed by atoms with Crippen molar-refractivity contribution in [1.29, 1.82) is 0 Å². The molecule has 0 fully saturated rings. The molecule has 0 amide bonds.